The predicted molar refractivity (Wildman–Crippen MR) is 61.2 cm³/mol. The molecule has 0 heterocycles. The minimum absolute atomic E-state index is 0. The van der Waals surface area contributed by atoms with Crippen molar-refractivity contribution in [1.82, 2.24) is 6.15 Å². The SMILES string of the molecule is CC(C)CCC(=O)Oc1ccccc1.N. The summed E-state index contributed by atoms with van der Waals surface area (Å²) >= 11 is 0. The number of hydrogen-bond acceptors (Lipinski definition) is 3. The van der Waals surface area contributed by atoms with Gasteiger partial charge in [-0.25, -0.2) is 0 Å². The first-order chi connectivity index (χ1) is 6.68. The first-order valence-electron chi connectivity index (χ1n) is 4.94. The third-order valence-electron chi connectivity index (χ3n) is 1.90. The van der Waals surface area contributed by atoms with Crippen LogP contribution in [-0.4, -0.2) is 5.97 Å². The summed E-state index contributed by atoms with van der Waals surface area (Å²) in [6.45, 7) is 4.19. The molecule has 0 unspecified atom stereocenters. The minimum Gasteiger partial charge on any atom is -0.427 e. The van der Waals surface area contributed by atoms with Gasteiger partial charge in [0.1, 0.15) is 5.75 Å². The molecule has 1 aromatic carbocycles. The van der Waals surface area contributed by atoms with Crippen LogP contribution in [0.1, 0.15) is 26.7 Å². The summed E-state index contributed by atoms with van der Waals surface area (Å²) in [5.74, 6) is 1.02. The number of para-hydroxylation sites is 1. The first kappa shape index (κ1) is 13.7. The Balaban J connectivity index is 0.00000196. The van der Waals surface area contributed by atoms with Gasteiger partial charge in [0, 0.05) is 6.42 Å². The van der Waals surface area contributed by atoms with Gasteiger partial charge in [0.05, 0.1) is 0 Å². The fourth-order valence-corrected chi connectivity index (χ4v) is 1.08. The molecule has 3 heteroatoms. The number of rotatable bonds is 4. The molecule has 0 fully saturated rings. The number of ether oxygens (including phenoxy) is 1. The van der Waals surface area contributed by atoms with Gasteiger partial charge >= 0.3 is 5.97 Å². The average Bonchev–Trinajstić information content (AvgIpc) is 2.16. The summed E-state index contributed by atoms with van der Waals surface area (Å²) in [6.07, 6.45) is 1.37. The quantitative estimate of drug-likeness (QED) is 0.612. The Hall–Kier alpha value is -1.35. The predicted octanol–water partition coefficient (Wildman–Crippen LogP) is 3.19. The molecule has 1 rings (SSSR count). The van der Waals surface area contributed by atoms with Crippen molar-refractivity contribution in [3.05, 3.63) is 30.3 Å². The van der Waals surface area contributed by atoms with Crippen molar-refractivity contribution < 1.29 is 9.53 Å². The molecule has 0 saturated carbocycles. The smallest absolute Gasteiger partial charge is 0.311 e. The molecule has 0 amide bonds. The highest BCUT2D eigenvalue weighted by molar-refractivity contribution is 5.72. The van der Waals surface area contributed by atoms with Gasteiger partial charge in [0.2, 0.25) is 0 Å². The van der Waals surface area contributed by atoms with E-state index in [9.17, 15) is 4.79 Å². The zero-order valence-corrected chi connectivity index (χ0v) is 9.40. The Kier molecular flexibility index (Phi) is 6.38. The molecule has 0 radical (unpaired) electrons. The monoisotopic (exact) mass is 209 g/mol. The van der Waals surface area contributed by atoms with E-state index < -0.39 is 0 Å². The second-order valence-electron chi connectivity index (χ2n) is 3.72. The molecular weight excluding hydrogens is 190 g/mol. The van der Waals surface area contributed by atoms with Gasteiger partial charge in [0.15, 0.2) is 0 Å². The Bertz CT molecular complexity index is 283. The van der Waals surface area contributed by atoms with E-state index >= 15 is 0 Å². The second-order valence-corrected chi connectivity index (χ2v) is 3.72. The van der Waals surface area contributed by atoms with Crippen LogP contribution >= 0.6 is 0 Å². The molecule has 3 nitrogen and oxygen atoms in total. The molecule has 0 aliphatic carbocycles. The number of carbonyl (C=O) groups excluding carboxylic acids is 1. The van der Waals surface area contributed by atoms with Gasteiger partial charge in [-0.3, -0.25) is 4.79 Å². The van der Waals surface area contributed by atoms with Crippen LogP contribution in [0.5, 0.6) is 5.75 Å². The molecule has 0 spiro atoms. The molecule has 84 valence electrons. The lowest BCUT2D eigenvalue weighted by Gasteiger charge is -2.05. The summed E-state index contributed by atoms with van der Waals surface area (Å²) in [5, 5.41) is 0. The Morgan fingerprint density at radius 1 is 1.27 bits per heavy atom. The summed E-state index contributed by atoms with van der Waals surface area (Å²) in [7, 11) is 0. The van der Waals surface area contributed by atoms with Crippen molar-refractivity contribution in [1.29, 1.82) is 0 Å². The van der Waals surface area contributed by atoms with Crippen molar-refractivity contribution in [3.8, 4) is 5.75 Å². The lowest BCUT2D eigenvalue weighted by molar-refractivity contribution is -0.134. The van der Waals surface area contributed by atoms with Gasteiger partial charge in [-0.2, -0.15) is 0 Å². The van der Waals surface area contributed by atoms with Crippen LogP contribution in [0.2, 0.25) is 0 Å². The fraction of sp³-hybridized carbons (Fsp3) is 0.417. The van der Waals surface area contributed by atoms with Crippen LogP contribution in [0, 0.1) is 5.92 Å². The zero-order valence-electron chi connectivity index (χ0n) is 9.40. The van der Waals surface area contributed by atoms with Gasteiger partial charge in [-0.15, -0.1) is 0 Å². The standard InChI is InChI=1S/C12H16O2.H3N/c1-10(2)8-9-12(13)14-11-6-4-3-5-7-11;/h3-7,10H,8-9H2,1-2H3;1H3. The summed E-state index contributed by atoms with van der Waals surface area (Å²) in [5.41, 5.74) is 0. The molecule has 3 N–H and O–H groups in total. The summed E-state index contributed by atoms with van der Waals surface area (Å²) in [4.78, 5) is 11.3. The number of carbonyl (C=O) groups is 1. The molecule has 0 aliphatic rings. The van der Waals surface area contributed by atoms with Crippen molar-refractivity contribution in [2.45, 2.75) is 26.7 Å². The lowest BCUT2D eigenvalue weighted by Crippen LogP contribution is -2.08. The first-order valence-corrected chi connectivity index (χ1v) is 4.94. The van der Waals surface area contributed by atoms with Gasteiger partial charge in [-0.1, -0.05) is 32.0 Å². The van der Waals surface area contributed by atoms with Gasteiger partial charge < -0.3 is 10.9 Å². The van der Waals surface area contributed by atoms with E-state index in [1.807, 2.05) is 18.2 Å². The summed E-state index contributed by atoms with van der Waals surface area (Å²) in [6, 6.07) is 9.17. The number of hydrogen-bond donors (Lipinski definition) is 1. The zero-order chi connectivity index (χ0) is 10.4. The van der Waals surface area contributed by atoms with Crippen molar-refractivity contribution >= 4 is 5.97 Å². The molecular formula is C12H19NO2. The molecule has 0 saturated heterocycles. The highest BCUT2D eigenvalue weighted by Crippen LogP contribution is 2.11. The maximum absolute atomic E-state index is 11.3. The Morgan fingerprint density at radius 2 is 1.87 bits per heavy atom. The van der Waals surface area contributed by atoms with E-state index in [0.29, 0.717) is 18.1 Å². The van der Waals surface area contributed by atoms with E-state index in [4.69, 9.17) is 4.74 Å². The van der Waals surface area contributed by atoms with Crippen LogP contribution < -0.4 is 10.9 Å². The highest BCUT2D eigenvalue weighted by Gasteiger charge is 2.05. The van der Waals surface area contributed by atoms with E-state index in [1.165, 1.54) is 0 Å². The highest BCUT2D eigenvalue weighted by atomic mass is 16.5. The molecule has 15 heavy (non-hydrogen) atoms. The largest absolute Gasteiger partial charge is 0.427 e. The normalized spacial score (nSPS) is 9.53. The van der Waals surface area contributed by atoms with Crippen LogP contribution in [0.15, 0.2) is 30.3 Å². The maximum Gasteiger partial charge on any atom is 0.311 e. The maximum atomic E-state index is 11.3. The molecule has 0 atom stereocenters. The second kappa shape index (κ2) is 7.01. The molecule has 1 aromatic rings. The van der Waals surface area contributed by atoms with E-state index in [-0.39, 0.29) is 12.1 Å². The van der Waals surface area contributed by atoms with Crippen molar-refractivity contribution in [3.63, 3.8) is 0 Å². The van der Waals surface area contributed by atoms with E-state index in [0.717, 1.165) is 6.42 Å². The van der Waals surface area contributed by atoms with Crippen LogP contribution in [0.3, 0.4) is 0 Å². The van der Waals surface area contributed by atoms with Crippen LogP contribution in [0.4, 0.5) is 0 Å². The van der Waals surface area contributed by atoms with Gasteiger partial charge in [-0.05, 0) is 24.5 Å². The average molecular weight is 209 g/mol. The summed E-state index contributed by atoms with van der Waals surface area (Å²) < 4.78 is 5.13. The van der Waals surface area contributed by atoms with Crippen LogP contribution in [-0.2, 0) is 4.79 Å². The van der Waals surface area contributed by atoms with E-state index in [2.05, 4.69) is 13.8 Å². The molecule has 0 aliphatic heterocycles. The van der Waals surface area contributed by atoms with E-state index in [1.54, 1.807) is 12.1 Å². The fourth-order valence-electron chi connectivity index (χ4n) is 1.08. The van der Waals surface area contributed by atoms with Crippen molar-refractivity contribution in [2.75, 3.05) is 0 Å². The minimum atomic E-state index is -0.148. The van der Waals surface area contributed by atoms with Crippen molar-refractivity contribution in [2.24, 2.45) is 5.92 Å². The third kappa shape index (κ3) is 5.86. The number of benzene rings is 1. The third-order valence-corrected chi connectivity index (χ3v) is 1.90. The molecule has 0 aromatic heterocycles. The Labute approximate surface area is 91.0 Å². The topological polar surface area (TPSA) is 61.3 Å². The molecule has 0 bridgehead atoms. The number of esters is 1. The lowest BCUT2D eigenvalue weighted by atomic mass is 10.1. The van der Waals surface area contributed by atoms with Crippen LogP contribution in [0.25, 0.3) is 0 Å². The van der Waals surface area contributed by atoms with Gasteiger partial charge in [0.25, 0.3) is 0 Å². The Morgan fingerprint density at radius 3 is 2.40 bits per heavy atom.